The summed E-state index contributed by atoms with van der Waals surface area (Å²) in [5, 5.41) is 0. The van der Waals surface area contributed by atoms with Crippen LogP contribution in [0.5, 0.6) is 0 Å². The van der Waals surface area contributed by atoms with Crippen molar-refractivity contribution in [3.8, 4) is 0 Å². The first-order chi connectivity index (χ1) is 8.40. The third-order valence-electron chi connectivity index (χ3n) is 3.89. The molecule has 0 unspecified atom stereocenters. The number of allylic oxidation sites excluding steroid dienone is 8. The number of hydrogen-bond donors (Lipinski definition) is 0. The average molecular weight is 292 g/mol. The molecule has 2 heteroatoms. The van der Waals surface area contributed by atoms with Crippen molar-refractivity contribution in [2.24, 2.45) is 0 Å². The van der Waals surface area contributed by atoms with Crippen molar-refractivity contribution >= 4 is 6.19 Å². The maximum atomic E-state index is 2.54. The summed E-state index contributed by atoms with van der Waals surface area (Å²) in [6, 6.07) is 0. The Morgan fingerprint density at radius 3 is 1.44 bits per heavy atom. The monoisotopic (exact) mass is 292 g/mol. The van der Waals surface area contributed by atoms with E-state index in [2.05, 4.69) is 52.9 Å². The van der Waals surface area contributed by atoms with E-state index in [0.717, 1.165) is 0 Å². The molecule has 96 valence electrons. The van der Waals surface area contributed by atoms with Crippen LogP contribution in [0.15, 0.2) is 42.2 Å². The molecule has 18 heavy (non-hydrogen) atoms. The minimum absolute atomic E-state index is 0.166. The molecular weight excluding hydrogens is 268 g/mol. The first kappa shape index (κ1) is 14.3. The molecule has 0 N–H and O–H groups in total. The van der Waals surface area contributed by atoms with E-state index in [-0.39, 0.29) is 6.19 Å². The van der Waals surface area contributed by atoms with Crippen molar-refractivity contribution < 1.29 is 16.6 Å². The Bertz CT molecular complexity index is 506. The van der Waals surface area contributed by atoms with E-state index in [1.807, 2.05) is 7.76 Å². The molecule has 2 rings (SSSR count). The molecule has 0 nitrogen and oxygen atoms in total. The fourth-order valence-corrected chi connectivity index (χ4v) is 15.9. The predicted octanol–water partition coefficient (Wildman–Crippen LogP) is 5.10. The molecule has 0 bridgehead atoms. The van der Waals surface area contributed by atoms with Gasteiger partial charge in [0.25, 0.3) is 0 Å². The summed E-state index contributed by atoms with van der Waals surface area (Å²) in [7, 11) is 0. The summed E-state index contributed by atoms with van der Waals surface area (Å²) in [5.74, 6) is 0. The van der Waals surface area contributed by atoms with Gasteiger partial charge in [0.15, 0.2) is 0 Å². The first-order valence-corrected chi connectivity index (χ1v) is 13.2. The van der Waals surface area contributed by atoms with Gasteiger partial charge >= 0.3 is 119 Å². The predicted molar refractivity (Wildman–Crippen MR) is 79.6 cm³/mol. The van der Waals surface area contributed by atoms with Crippen LogP contribution in [-0.2, 0) is 16.6 Å². The Kier molecular flexibility index (Phi) is 4.36. The van der Waals surface area contributed by atoms with Crippen molar-refractivity contribution in [3.63, 3.8) is 0 Å². The molecule has 0 atom stereocenters. The summed E-state index contributed by atoms with van der Waals surface area (Å²) >= 11 is -1.17. The van der Waals surface area contributed by atoms with Crippen molar-refractivity contribution in [2.75, 3.05) is 0 Å². The van der Waals surface area contributed by atoms with Crippen molar-refractivity contribution in [1.29, 1.82) is 0 Å². The second-order valence-electron chi connectivity index (χ2n) is 6.03. The Balaban J connectivity index is 2.44. The Morgan fingerprint density at radius 2 is 1.22 bits per heavy atom. The quantitative estimate of drug-likeness (QED) is 0.621. The normalized spacial score (nSPS) is 19.4. The van der Waals surface area contributed by atoms with Gasteiger partial charge in [0.2, 0.25) is 0 Å². The van der Waals surface area contributed by atoms with E-state index in [9.17, 15) is 0 Å². The summed E-state index contributed by atoms with van der Waals surface area (Å²) in [4.78, 5) is 0. The molecule has 0 aromatic rings. The molecule has 0 fully saturated rings. The van der Waals surface area contributed by atoms with E-state index in [1.165, 1.54) is 12.8 Å². The molecule has 0 amide bonds. The molecular formula is C16H24SiTi. The maximum absolute atomic E-state index is 2.54. The van der Waals surface area contributed by atoms with Crippen molar-refractivity contribution in [1.82, 2.24) is 0 Å². The van der Waals surface area contributed by atoms with Gasteiger partial charge in [-0.1, -0.05) is 0 Å². The summed E-state index contributed by atoms with van der Waals surface area (Å²) in [6.07, 6.45) is 7.26. The SMILES string of the molecule is CC1=CC(C)=[C]([Ti]([C]2=C(C)C=C(C)C2)=[Si](C)C)C1. The molecule has 0 saturated heterocycles. The molecule has 0 spiro atoms. The zero-order valence-electron chi connectivity index (χ0n) is 12.6. The number of rotatable bonds is 2. The van der Waals surface area contributed by atoms with Crippen LogP contribution >= 0.6 is 0 Å². The van der Waals surface area contributed by atoms with Crippen LogP contribution in [0.3, 0.4) is 0 Å². The fourth-order valence-electron chi connectivity index (χ4n) is 3.21. The Labute approximate surface area is 118 Å². The van der Waals surface area contributed by atoms with E-state index >= 15 is 0 Å². The standard InChI is InChI=1S/2C7H9.C2H6Si.Ti/c2*1-6-3-4-7(2)5-6;1-3-2;/h2*5H,3H2,1-2H3;1-2H3;. The van der Waals surface area contributed by atoms with Crippen LogP contribution < -0.4 is 0 Å². The van der Waals surface area contributed by atoms with E-state index in [0.29, 0.717) is 0 Å². The summed E-state index contributed by atoms with van der Waals surface area (Å²) < 4.78 is 3.76. The van der Waals surface area contributed by atoms with Crippen LogP contribution in [0.1, 0.15) is 40.5 Å². The molecule has 0 aliphatic heterocycles. The second kappa shape index (κ2) is 5.48. The van der Waals surface area contributed by atoms with Crippen molar-refractivity contribution in [3.05, 3.63) is 42.2 Å². The van der Waals surface area contributed by atoms with Gasteiger partial charge in [-0.3, -0.25) is 0 Å². The van der Waals surface area contributed by atoms with Gasteiger partial charge in [-0.2, -0.15) is 0 Å². The van der Waals surface area contributed by atoms with Crippen LogP contribution in [-0.4, -0.2) is 6.19 Å². The van der Waals surface area contributed by atoms with Gasteiger partial charge in [-0.25, -0.2) is 0 Å². The molecule has 0 aromatic heterocycles. The van der Waals surface area contributed by atoms with Crippen LogP contribution in [0.2, 0.25) is 13.1 Å². The minimum atomic E-state index is -1.17. The fraction of sp³-hybridized carbons (Fsp3) is 0.500. The second-order valence-corrected chi connectivity index (χ2v) is 17.8. The van der Waals surface area contributed by atoms with Crippen LogP contribution in [0, 0.1) is 0 Å². The Hall–Kier alpha value is -0.109. The van der Waals surface area contributed by atoms with E-state index in [4.69, 9.17) is 0 Å². The summed E-state index contributed by atoms with van der Waals surface area (Å²) in [5.41, 5.74) is 6.38. The zero-order valence-corrected chi connectivity index (χ0v) is 15.1. The first-order valence-electron chi connectivity index (χ1n) is 6.82. The van der Waals surface area contributed by atoms with Crippen LogP contribution in [0.25, 0.3) is 0 Å². The zero-order chi connectivity index (χ0) is 13.4. The van der Waals surface area contributed by atoms with Gasteiger partial charge in [-0.15, -0.1) is 0 Å². The van der Waals surface area contributed by atoms with E-state index in [1.54, 1.807) is 22.3 Å². The van der Waals surface area contributed by atoms with Gasteiger partial charge in [0.05, 0.1) is 0 Å². The van der Waals surface area contributed by atoms with Gasteiger partial charge in [0, 0.05) is 0 Å². The summed E-state index contributed by atoms with van der Waals surface area (Å²) in [6.45, 7) is 14.4. The number of hydrogen-bond acceptors (Lipinski definition) is 0. The van der Waals surface area contributed by atoms with E-state index < -0.39 is 16.6 Å². The third kappa shape index (κ3) is 2.74. The molecule has 0 aromatic carbocycles. The average Bonchev–Trinajstić information content (AvgIpc) is 2.71. The third-order valence-corrected chi connectivity index (χ3v) is 15.7. The molecule has 2 aliphatic rings. The van der Waals surface area contributed by atoms with Gasteiger partial charge in [0.1, 0.15) is 0 Å². The molecule has 0 heterocycles. The van der Waals surface area contributed by atoms with Crippen LogP contribution in [0.4, 0.5) is 0 Å². The Morgan fingerprint density at radius 1 is 0.833 bits per heavy atom. The van der Waals surface area contributed by atoms with Gasteiger partial charge < -0.3 is 0 Å². The topological polar surface area (TPSA) is 0 Å². The molecule has 0 saturated carbocycles. The van der Waals surface area contributed by atoms with Gasteiger partial charge in [-0.05, 0) is 0 Å². The molecule has 0 radical (unpaired) electrons. The van der Waals surface area contributed by atoms with Crippen molar-refractivity contribution in [2.45, 2.75) is 53.6 Å². The molecule has 2 aliphatic carbocycles.